The number of rotatable bonds is 8. The fraction of sp³-hybridized carbons (Fsp3) is 0.120. The van der Waals surface area contributed by atoms with Gasteiger partial charge in [0, 0.05) is 22.8 Å². The summed E-state index contributed by atoms with van der Waals surface area (Å²) in [6, 6.07) is 24.0. The maximum absolute atomic E-state index is 12.6. The Balaban J connectivity index is 1.31. The number of hydrogen-bond donors (Lipinski definition) is 1. The fourth-order valence-electron chi connectivity index (χ4n) is 3.12. The maximum Gasteiger partial charge on any atom is 0.256 e. The number of ether oxygens (including phenoxy) is 2. The number of anilines is 1. The first-order valence-corrected chi connectivity index (χ1v) is 10.4. The second kappa shape index (κ2) is 10.0. The lowest BCUT2D eigenvalue weighted by Crippen LogP contribution is -2.13. The average Bonchev–Trinajstić information content (AvgIpc) is 3.25. The van der Waals surface area contributed by atoms with E-state index in [0.717, 1.165) is 22.6 Å². The molecule has 1 N–H and O–H groups in total. The highest BCUT2D eigenvalue weighted by molar-refractivity contribution is 6.30. The Bertz CT molecular complexity index is 1190. The van der Waals surface area contributed by atoms with E-state index in [9.17, 15) is 4.79 Å². The van der Waals surface area contributed by atoms with Gasteiger partial charge in [-0.05, 0) is 59.7 Å². The number of amides is 1. The summed E-state index contributed by atoms with van der Waals surface area (Å²) in [6.45, 7) is 0.974. The zero-order valence-electron chi connectivity index (χ0n) is 17.5. The molecule has 0 atom stereocenters. The van der Waals surface area contributed by atoms with Gasteiger partial charge < -0.3 is 14.8 Å². The second-order valence-electron chi connectivity index (χ2n) is 7.14. The first kappa shape index (κ1) is 21.5. The third kappa shape index (κ3) is 5.68. The summed E-state index contributed by atoms with van der Waals surface area (Å²) in [5.74, 6) is 1.80. The van der Waals surface area contributed by atoms with Crippen LogP contribution in [0.1, 0.15) is 21.5 Å². The van der Waals surface area contributed by atoms with Gasteiger partial charge in [0.15, 0.2) is 5.82 Å². The second-order valence-corrected chi connectivity index (χ2v) is 7.58. The highest BCUT2D eigenvalue weighted by Gasteiger charge is 2.09. The Kier molecular flexibility index (Phi) is 6.72. The Hall–Kier alpha value is -3.77. The summed E-state index contributed by atoms with van der Waals surface area (Å²) < 4.78 is 12.7. The van der Waals surface area contributed by atoms with Gasteiger partial charge in [-0.15, -0.1) is 0 Å². The molecule has 0 saturated carbocycles. The molecule has 4 rings (SSSR count). The number of carbonyl (C=O) groups excluding carboxylic acids is 1. The van der Waals surface area contributed by atoms with Crippen molar-refractivity contribution >= 4 is 23.3 Å². The van der Waals surface area contributed by atoms with Gasteiger partial charge in [-0.1, -0.05) is 35.9 Å². The molecule has 1 aromatic heterocycles. The third-order valence-corrected chi connectivity index (χ3v) is 5.03. The molecule has 32 heavy (non-hydrogen) atoms. The molecule has 0 radical (unpaired) electrons. The highest BCUT2D eigenvalue weighted by Crippen LogP contribution is 2.19. The van der Waals surface area contributed by atoms with Crippen molar-refractivity contribution in [1.82, 2.24) is 9.78 Å². The Morgan fingerprint density at radius 2 is 1.72 bits per heavy atom. The van der Waals surface area contributed by atoms with Gasteiger partial charge in [-0.25, -0.2) is 0 Å². The van der Waals surface area contributed by atoms with Gasteiger partial charge in [0.05, 0.1) is 13.7 Å². The number of hydrogen-bond acceptors (Lipinski definition) is 4. The predicted molar refractivity (Wildman–Crippen MR) is 125 cm³/mol. The zero-order valence-corrected chi connectivity index (χ0v) is 18.3. The minimum absolute atomic E-state index is 0.222. The number of nitrogens with zero attached hydrogens (tertiary/aromatic N) is 2. The van der Waals surface area contributed by atoms with Gasteiger partial charge >= 0.3 is 0 Å². The van der Waals surface area contributed by atoms with E-state index in [1.807, 2.05) is 66.9 Å². The van der Waals surface area contributed by atoms with Crippen molar-refractivity contribution in [2.24, 2.45) is 0 Å². The van der Waals surface area contributed by atoms with Crippen LogP contribution in [-0.2, 0) is 13.2 Å². The van der Waals surface area contributed by atoms with E-state index >= 15 is 0 Å². The minimum Gasteiger partial charge on any atom is -0.497 e. The lowest BCUT2D eigenvalue weighted by atomic mass is 10.1. The van der Waals surface area contributed by atoms with Crippen molar-refractivity contribution in [2.45, 2.75) is 13.2 Å². The standard InChI is InChI=1S/C25H22ClN3O3/c1-31-22-9-11-23(12-10-22)32-17-18-5-7-20(8-6-18)25(30)27-24-13-14-29(28-24)16-19-3-2-4-21(26)15-19/h2-15H,16-17H2,1H3,(H,27,28,30). The number of aromatic nitrogens is 2. The molecule has 0 bridgehead atoms. The molecular weight excluding hydrogens is 426 g/mol. The van der Waals surface area contributed by atoms with Crippen LogP contribution in [0.5, 0.6) is 11.5 Å². The van der Waals surface area contributed by atoms with Crippen molar-refractivity contribution in [1.29, 1.82) is 0 Å². The normalized spacial score (nSPS) is 10.6. The first-order chi connectivity index (χ1) is 15.6. The third-order valence-electron chi connectivity index (χ3n) is 4.80. The number of carbonyl (C=O) groups is 1. The summed E-state index contributed by atoms with van der Waals surface area (Å²) in [4.78, 5) is 12.6. The number of halogens is 1. The summed E-state index contributed by atoms with van der Waals surface area (Å²) in [5, 5.41) is 7.91. The molecule has 0 saturated heterocycles. The zero-order chi connectivity index (χ0) is 22.3. The topological polar surface area (TPSA) is 65.4 Å². The monoisotopic (exact) mass is 447 g/mol. The molecule has 0 fully saturated rings. The largest absolute Gasteiger partial charge is 0.497 e. The van der Waals surface area contributed by atoms with Gasteiger partial charge in [-0.3, -0.25) is 9.48 Å². The van der Waals surface area contributed by atoms with E-state index in [-0.39, 0.29) is 5.91 Å². The fourth-order valence-corrected chi connectivity index (χ4v) is 3.33. The van der Waals surface area contributed by atoms with Gasteiger partial charge in [0.1, 0.15) is 18.1 Å². The van der Waals surface area contributed by atoms with Crippen LogP contribution in [0, 0.1) is 0 Å². The van der Waals surface area contributed by atoms with Crippen LogP contribution in [0.4, 0.5) is 5.82 Å². The molecule has 1 heterocycles. The lowest BCUT2D eigenvalue weighted by molar-refractivity contribution is 0.102. The van der Waals surface area contributed by atoms with Crippen molar-refractivity contribution in [2.75, 3.05) is 12.4 Å². The predicted octanol–water partition coefficient (Wildman–Crippen LogP) is 5.42. The smallest absolute Gasteiger partial charge is 0.256 e. The summed E-state index contributed by atoms with van der Waals surface area (Å²) in [6.07, 6.45) is 1.82. The van der Waals surface area contributed by atoms with Crippen LogP contribution in [0.15, 0.2) is 85.1 Å². The molecule has 3 aromatic carbocycles. The Labute approximate surface area is 191 Å². The van der Waals surface area contributed by atoms with Gasteiger partial charge in [0.2, 0.25) is 0 Å². The molecule has 0 aliphatic rings. The molecule has 0 aliphatic carbocycles. The van der Waals surface area contributed by atoms with Crippen molar-refractivity contribution in [3.63, 3.8) is 0 Å². The average molecular weight is 448 g/mol. The number of benzene rings is 3. The maximum atomic E-state index is 12.6. The summed E-state index contributed by atoms with van der Waals surface area (Å²) in [5.41, 5.74) is 2.54. The van der Waals surface area contributed by atoms with Crippen LogP contribution < -0.4 is 14.8 Å². The number of nitrogens with one attached hydrogen (secondary N) is 1. The molecule has 6 nitrogen and oxygen atoms in total. The van der Waals surface area contributed by atoms with E-state index < -0.39 is 0 Å². The molecule has 1 amide bonds. The van der Waals surface area contributed by atoms with Gasteiger partial charge in [0.25, 0.3) is 5.91 Å². The molecule has 4 aromatic rings. The van der Waals surface area contributed by atoms with Crippen molar-refractivity contribution in [3.05, 3.63) is 107 Å². The van der Waals surface area contributed by atoms with Crippen LogP contribution in [0.25, 0.3) is 0 Å². The number of methoxy groups -OCH3 is 1. The van der Waals surface area contributed by atoms with E-state index in [4.69, 9.17) is 21.1 Å². The molecule has 0 spiro atoms. The van der Waals surface area contributed by atoms with Crippen LogP contribution in [0.3, 0.4) is 0 Å². The SMILES string of the molecule is COc1ccc(OCc2ccc(C(=O)Nc3ccn(Cc4cccc(Cl)c4)n3)cc2)cc1. The van der Waals surface area contributed by atoms with Gasteiger partial charge in [-0.2, -0.15) is 5.10 Å². The van der Waals surface area contributed by atoms with Crippen LogP contribution in [-0.4, -0.2) is 22.8 Å². The summed E-state index contributed by atoms with van der Waals surface area (Å²) >= 11 is 6.03. The molecule has 7 heteroatoms. The van der Waals surface area contributed by atoms with Crippen molar-refractivity contribution < 1.29 is 14.3 Å². The van der Waals surface area contributed by atoms with E-state index in [1.54, 1.807) is 30.0 Å². The molecule has 162 valence electrons. The molecular formula is C25H22ClN3O3. The van der Waals surface area contributed by atoms with E-state index in [2.05, 4.69) is 10.4 Å². The Morgan fingerprint density at radius 1 is 0.969 bits per heavy atom. The van der Waals surface area contributed by atoms with Crippen molar-refractivity contribution in [3.8, 4) is 11.5 Å². The molecule has 0 aliphatic heterocycles. The van der Waals surface area contributed by atoms with E-state index in [0.29, 0.717) is 29.6 Å². The van der Waals surface area contributed by atoms with Crippen LogP contribution >= 0.6 is 11.6 Å². The molecule has 0 unspecified atom stereocenters. The minimum atomic E-state index is -0.222. The first-order valence-electron chi connectivity index (χ1n) is 10.0. The summed E-state index contributed by atoms with van der Waals surface area (Å²) in [7, 11) is 1.63. The van der Waals surface area contributed by atoms with Crippen LogP contribution in [0.2, 0.25) is 5.02 Å². The quantitative estimate of drug-likeness (QED) is 0.391. The van der Waals surface area contributed by atoms with E-state index in [1.165, 1.54) is 0 Å². The lowest BCUT2D eigenvalue weighted by Gasteiger charge is -2.08. The Morgan fingerprint density at radius 3 is 2.44 bits per heavy atom. The highest BCUT2D eigenvalue weighted by atomic mass is 35.5.